The molecule has 0 aromatic heterocycles. The maximum atomic E-state index is 8.73. The minimum Gasteiger partial charge on any atom is -0.396 e. The fourth-order valence-corrected chi connectivity index (χ4v) is 1.95. The molecule has 1 rings (SSSR count). The molecule has 1 atom stereocenters. The summed E-state index contributed by atoms with van der Waals surface area (Å²) in [6.07, 6.45) is 11.4. The number of hydrogen-bond acceptors (Lipinski definition) is 1. The van der Waals surface area contributed by atoms with Crippen LogP contribution in [0.5, 0.6) is 0 Å². The molecule has 1 aliphatic rings. The Morgan fingerprint density at radius 3 is 2.55 bits per heavy atom. The molecule has 0 saturated heterocycles. The molecule has 0 spiro atoms. The molecule has 1 heteroatoms. The molecular weight excluding hydrogens is 136 g/mol. The number of terminal acetylenes is 1. The average molecular weight is 152 g/mol. The van der Waals surface area contributed by atoms with Crippen LogP contribution < -0.4 is 0 Å². The van der Waals surface area contributed by atoms with Gasteiger partial charge in [0.05, 0.1) is 0 Å². The number of hydrogen-bond donors (Lipinski definition) is 1. The highest BCUT2D eigenvalue weighted by Gasteiger charge is 2.22. The second-order valence-electron chi connectivity index (χ2n) is 3.33. The number of aliphatic hydroxyl groups excluding tert-OH is 1. The van der Waals surface area contributed by atoms with Crippen LogP contribution in [-0.4, -0.2) is 11.7 Å². The van der Waals surface area contributed by atoms with Crippen LogP contribution >= 0.6 is 0 Å². The van der Waals surface area contributed by atoms with Crippen LogP contribution in [0.25, 0.3) is 0 Å². The summed E-state index contributed by atoms with van der Waals surface area (Å²) in [5.74, 6) is 3.82. The van der Waals surface area contributed by atoms with Crippen molar-refractivity contribution in [2.45, 2.75) is 32.1 Å². The number of rotatable bonds is 3. The second-order valence-corrected chi connectivity index (χ2v) is 3.33. The molecule has 0 aliphatic heterocycles. The topological polar surface area (TPSA) is 20.2 Å². The van der Waals surface area contributed by atoms with Crippen LogP contribution in [0.3, 0.4) is 0 Å². The summed E-state index contributed by atoms with van der Waals surface area (Å²) < 4.78 is 0. The van der Waals surface area contributed by atoms with E-state index in [1.54, 1.807) is 0 Å². The van der Waals surface area contributed by atoms with Gasteiger partial charge in [0.15, 0.2) is 0 Å². The van der Waals surface area contributed by atoms with E-state index >= 15 is 0 Å². The Morgan fingerprint density at radius 2 is 2.09 bits per heavy atom. The minimum absolute atomic E-state index is 0.241. The molecule has 1 N–H and O–H groups in total. The van der Waals surface area contributed by atoms with Crippen LogP contribution in [0.15, 0.2) is 0 Å². The Kier molecular flexibility index (Phi) is 3.45. The highest BCUT2D eigenvalue weighted by Crippen LogP contribution is 2.32. The second kappa shape index (κ2) is 4.41. The van der Waals surface area contributed by atoms with E-state index in [1.807, 2.05) is 0 Å². The van der Waals surface area contributed by atoms with E-state index in [2.05, 4.69) is 5.92 Å². The van der Waals surface area contributed by atoms with E-state index in [1.165, 1.54) is 25.7 Å². The monoisotopic (exact) mass is 152 g/mol. The largest absolute Gasteiger partial charge is 0.396 e. The third kappa shape index (κ3) is 2.24. The lowest BCUT2D eigenvalue weighted by Gasteiger charge is -2.15. The predicted molar refractivity (Wildman–Crippen MR) is 46.0 cm³/mol. The van der Waals surface area contributed by atoms with Gasteiger partial charge in [-0.25, -0.2) is 0 Å². The van der Waals surface area contributed by atoms with E-state index in [-0.39, 0.29) is 6.61 Å². The summed E-state index contributed by atoms with van der Waals surface area (Å²) >= 11 is 0. The van der Waals surface area contributed by atoms with Gasteiger partial charge in [0.1, 0.15) is 0 Å². The van der Waals surface area contributed by atoms with Crippen molar-refractivity contribution in [3.8, 4) is 12.3 Å². The zero-order valence-electron chi connectivity index (χ0n) is 6.92. The van der Waals surface area contributed by atoms with Crippen molar-refractivity contribution in [2.75, 3.05) is 6.61 Å². The molecule has 11 heavy (non-hydrogen) atoms. The number of aliphatic hydroxyl groups is 1. The Morgan fingerprint density at radius 1 is 1.45 bits per heavy atom. The maximum Gasteiger partial charge on any atom is 0.0442 e. The van der Waals surface area contributed by atoms with Crippen LogP contribution in [0, 0.1) is 24.2 Å². The SMILES string of the molecule is C#C[C@H](CCO)C1CCCC1. The highest BCUT2D eigenvalue weighted by atomic mass is 16.3. The molecule has 0 heterocycles. The summed E-state index contributed by atoms with van der Waals surface area (Å²) in [6, 6.07) is 0. The van der Waals surface area contributed by atoms with Crippen molar-refractivity contribution in [1.29, 1.82) is 0 Å². The summed E-state index contributed by atoms with van der Waals surface area (Å²) in [7, 11) is 0. The quantitative estimate of drug-likeness (QED) is 0.611. The van der Waals surface area contributed by atoms with E-state index < -0.39 is 0 Å². The molecule has 0 amide bonds. The van der Waals surface area contributed by atoms with E-state index in [0.29, 0.717) is 11.8 Å². The first-order valence-electron chi connectivity index (χ1n) is 4.45. The minimum atomic E-state index is 0.241. The van der Waals surface area contributed by atoms with Crippen LogP contribution in [-0.2, 0) is 0 Å². The fraction of sp³-hybridized carbons (Fsp3) is 0.800. The van der Waals surface area contributed by atoms with Crippen molar-refractivity contribution < 1.29 is 5.11 Å². The third-order valence-corrected chi connectivity index (χ3v) is 2.62. The van der Waals surface area contributed by atoms with Crippen molar-refractivity contribution >= 4 is 0 Å². The molecule has 1 fully saturated rings. The molecule has 0 unspecified atom stereocenters. The summed E-state index contributed by atoms with van der Waals surface area (Å²) in [5.41, 5.74) is 0. The molecule has 0 aromatic rings. The zero-order chi connectivity index (χ0) is 8.10. The van der Waals surface area contributed by atoms with Gasteiger partial charge in [-0.2, -0.15) is 0 Å². The van der Waals surface area contributed by atoms with E-state index in [4.69, 9.17) is 11.5 Å². The van der Waals surface area contributed by atoms with Gasteiger partial charge in [0.2, 0.25) is 0 Å². The Balaban J connectivity index is 2.35. The van der Waals surface area contributed by atoms with E-state index in [0.717, 1.165) is 6.42 Å². The van der Waals surface area contributed by atoms with Gasteiger partial charge in [-0.05, 0) is 25.2 Å². The summed E-state index contributed by atoms with van der Waals surface area (Å²) in [4.78, 5) is 0. The fourth-order valence-electron chi connectivity index (χ4n) is 1.95. The van der Waals surface area contributed by atoms with Gasteiger partial charge in [-0.15, -0.1) is 12.3 Å². The lowest BCUT2D eigenvalue weighted by molar-refractivity contribution is 0.248. The van der Waals surface area contributed by atoms with Crippen LogP contribution in [0.2, 0.25) is 0 Å². The van der Waals surface area contributed by atoms with Gasteiger partial charge in [-0.1, -0.05) is 12.8 Å². The normalized spacial score (nSPS) is 21.5. The first-order chi connectivity index (χ1) is 5.38. The third-order valence-electron chi connectivity index (χ3n) is 2.62. The lowest BCUT2D eigenvalue weighted by atomic mass is 9.89. The lowest BCUT2D eigenvalue weighted by Crippen LogP contribution is -2.10. The molecule has 1 aliphatic carbocycles. The Hall–Kier alpha value is -0.480. The van der Waals surface area contributed by atoms with Crippen molar-refractivity contribution in [1.82, 2.24) is 0 Å². The summed E-state index contributed by atoms with van der Waals surface area (Å²) in [5, 5.41) is 8.73. The molecule has 0 radical (unpaired) electrons. The van der Waals surface area contributed by atoms with Gasteiger partial charge >= 0.3 is 0 Å². The molecule has 62 valence electrons. The van der Waals surface area contributed by atoms with Crippen LogP contribution in [0.1, 0.15) is 32.1 Å². The molecule has 0 bridgehead atoms. The first kappa shape index (κ1) is 8.62. The predicted octanol–water partition coefficient (Wildman–Crippen LogP) is 1.81. The molecule has 0 aromatic carbocycles. The van der Waals surface area contributed by atoms with Crippen molar-refractivity contribution in [3.05, 3.63) is 0 Å². The van der Waals surface area contributed by atoms with Crippen LogP contribution in [0.4, 0.5) is 0 Å². The Labute approximate surface area is 68.8 Å². The standard InChI is InChI=1S/C10H16O/c1-2-9(7-8-11)10-5-3-4-6-10/h1,9-11H,3-8H2/t9-/m1/s1. The van der Waals surface area contributed by atoms with Gasteiger partial charge in [0.25, 0.3) is 0 Å². The average Bonchev–Trinajstić information content (AvgIpc) is 2.52. The van der Waals surface area contributed by atoms with Gasteiger partial charge in [-0.3, -0.25) is 0 Å². The highest BCUT2D eigenvalue weighted by molar-refractivity contribution is 4.97. The smallest absolute Gasteiger partial charge is 0.0442 e. The molecule has 1 nitrogen and oxygen atoms in total. The molecule has 1 saturated carbocycles. The first-order valence-corrected chi connectivity index (χ1v) is 4.45. The Bertz CT molecular complexity index is 139. The van der Waals surface area contributed by atoms with Crippen molar-refractivity contribution in [3.63, 3.8) is 0 Å². The maximum absolute atomic E-state index is 8.73. The summed E-state index contributed by atoms with van der Waals surface area (Å²) in [6.45, 7) is 0.241. The van der Waals surface area contributed by atoms with Gasteiger partial charge in [0, 0.05) is 12.5 Å². The molecular formula is C10H16O. The zero-order valence-corrected chi connectivity index (χ0v) is 6.92. The van der Waals surface area contributed by atoms with Gasteiger partial charge < -0.3 is 5.11 Å². The van der Waals surface area contributed by atoms with Crippen molar-refractivity contribution in [2.24, 2.45) is 11.8 Å². The van der Waals surface area contributed by atoms with E-state index in [9.17, 15) is 0 Å².